The van der Waals surface area contributed by atoms with E-state index in [1.165, 1.54) is 10.4 Å². The molecule has 26 heavy (non-hydrogen) atoms. The fourth-order valence-electron chi connectivity index (χ4n) is 3.46. The van der Waals surface area contributed by atoms with Crippen LogP contribution in [0.3, 0.4) is 0 Å². The molecule has 2 aromatic rings. The van der Waals surface area contributed by atoms with E-state index in [9.17, 15) is 9.59 Å². The van der Waals surface area contributed by atoms with Crippen molar-refractivity contribution in [1.29, 1.82) is 0 Å². The quantitative estimate of drug-likeness (QED) is 0.824. The van der Waals surface area contributed by atoms with Crippen molar-refractivity contribution in [2.75, 3.05) is 13.6 Å². The van der Waals surface area contributed by atoms with Gasteiger partial charge < -0.3 is 10.6 Å². The third-order valence-corrected chi connectivity index (χ3v) is 5.87. The van der Waals surface area contributed by atoms with E-state index < -0.39 is 0 Å². The fourth-order valence-corrected chi connectivity index (χ4v) is 4.39. The van der Waals surface area contributed by atoms with E-state index in [0.717, 1.165) is 6.54 Å². The number of hydrogen-bond acceptors (Lipinski definition) is 5. The minimum Gasteiger partial charge on any atom is -0.358 e. The summed E-state index contributed by atoms with van der Waals surface area (Å²) in [5.74, 6) is -0.140. The molecule has 140 valence electrons. The first kappa shape index (κ1) is 18.6. The van der Waals surface area contributed by atoms with E-state index in [1.54, 1.807) is 36.3 Å². The molecule has 1 aliphatic rings. The molecule has 3 rings (SSSR count). The van der Waals surface area contributed by atoms with Crippen LogP contribution >= 0.6 is 11.3 Å². The molecule has 0 aromatic carbocycles. The van der Waals surface area contributed by atoms with Gasteiger partial charge >= 0.3 is 0 Å². The van der Waals surface area contributed by atoms with Crippen LogP contribution in [0.4, 0.5) is 0 Å². The maximum absolute atomic E-state index is 12.6. The molecule has 0 bridgehead atoms. The van der Waals surface area contributed by atoms with Crippen molar-refractivity contribution in [2.24, 2.45) is 7.05 Å². The lowest BCUT2D eigenvalue weighted by molar-refractivity contribution is -0.125. The Morgan fingerprint density at radius 2 is 2.15 bits per heavy atom. The summed E-state index contributed by atoms with van der Waals surface area (Å²) in [5, 5.41) is 12.1. The van der Waals surface area contributed by atoms with E-state index in [-0.39, 0.29) is 23.9 Å². The Hall–Kier alpha value is -2.19. The van der Waals surface area contributed by atoms with Crippen LogP contribution in [0.15, 0.2) is 17.6 Å². The first-order chi connectivity index (χ1) is 12.4. The molecule has 2 amide bonds. The summed E-state index contributed by atoms with van der Waals surface area (Å²) in [6.07, 6.45) is 2.33. The third kappa shape index (κ3) is 3.81. The first-order valence-electron chi connectivity index (χ1n) is 8.68. The molecule has 0 spiro atoms. The van der Waals surface area contributed by atoms with Crippen molar-refractivity contribution in [3.63, 3.8) is 0 Å². The van der Waals surface area contributed by atoms with Gasteiger partial charge in [-0.05, 0) is 37.3 Å². The molecule has 7 nitrogen and oxygen atoms in total. The Morgan fingerprint density at radius 3 is 2.73 bits per heavy atom. The first-order valence-corrected chi connectivity index (χ1v) is 9.56. The molecular formula is C18H25N5O2S. The highest BCUT2D eigenvalue weighted by molar-refractivity contribution is 7.10. The number of aromatic nitrogens is 2. The van der Waals surface area contributed by atoms with Crippen molar-refractivity contribution < 1.29 is 9.59 Å². The summed E-state index contributed by atoms with van der Waals surface area (Å²) in [6.45, 7) is 5.28. The zero-order chi connectivity index (χ0) is 18.8. The van der Waals surface area contributed by atoms with Crippen LogP contribution in [0.1, 0.15) is 32.9 Å². The number of rotatable bonds is 5. The fraction of sp³-hybridized carbons (Fsp3) is 0.500. The minimum absolute atomic E-state index is 0.00600. The Labute approximate surface area is 157 Å². The average molecular weight is 375 g/mol. The Morgan fingerprint density at radius 1 is 1.38 bits per heavy atom. The topological polar surface area (TPSA) is 79.3 Å². The van der Waals surface area contributed by atoms with Gasteiger partial charge in [0.2, 0.25) is 5.91 Å². The van der Waals surface area contributed by atoms with Gasteiger partial charge in [0.15, 0.2) is 0 Å². The van der Waals surface area contributed by atoms with Gasteiger partial charge in [-0.2, -0.15) is 5.10 Å². The zero-order valence-electron chi connectivity index (χ0n) is 15.6. The molecule has 0 saturated carbocycles. The van der Waals surface area contributed by atoms with Crippen LogP contribution < -0.4 is 10.6 Å². The highest BCUT2D eigenvalue weighted by Crippen LogP contribution is 2.25. The lowest BCUT2D eigenvalue weighted by Crippen LogP contribution is -2.41. The van der Waals surface area contributed by atoms with E-state index in [0.29, 0.717) is 24.2 Å². The van der Waals surface area contributed by atoms with E-state index >= 15 is 0 Å². The summed E-state index contributed by atoms with van der Waals surface area (Å²) in [5.41, 5.74) is 2.53. The Kier molecular flexibility index (Phi) is 5.43. The molecule has 3 heterocycles. The molecule has 2 atom stereocenters. The number of amides is 2. The van der Waals surface area contributed by atoms with Crippen molar-refractivity contribution in [3.05, 3.63) is 39.3 Å². The van der Waals surface area contributed by atoms with Gasteiger partial charge in [-0.15, -0.1) is 11.3 Å². The summed E-state index contributed by atoms with van der Waals surface area (Å²) in [4.78, 5) is 28.3. The van der Waals surface area contributed by atoms with Gasteiger partial charge in [0.05, 0.1) is 17.3 Å². The number of thiophene rings is 1. The van der Waals surface area contributed by atoms with E-state index in [4.69, 9.17) is 0 Å². The van der Waals surface area contributed by atoms with E-state index in [2.05, 4.69) is 39.0 Å². The summed E-state index contributed by atoms with van der Waals surface area (Å²) >= 11 is 1.70. The van der Waals surface area contributed by atoms with Crippen LogP contribution in [0, 0.1) is 13.8 Å². The molecule has 2 unspecified atom stereocenters. The van der Waals surface area contributed by atoms with E-state index in [1.807, 2.05) is 6.92 Å². The van der Waals surface area contributed by atoms with Crippen LogP contribution in [-0.4, -0.2) is 52.2 Å². The number of nitrogens with zero attached hydrogens (tertiary/aromatic N) is 3. The van der Waals surface area contributed by atoms with Crippen LogP contribution in [0.2, 0.25) is 0 Å². The molecule has 1 aliphatic heterocycles. The van der Waals surface area contributed by atoms with Crippen molar-refractivity contribution >= 4 is 23.2 Å². The van der Waals surface area contributed by atoms with Crippen molar-refractivity contribution in [1.82, 2.24) is 25.3 Å². The number of likely N-dealkylation sites (tertiary alicyclic amines) is 1. The van der Waals surface area contributed by atoms with Gasteiger partial charge in [-0.1, -0.05) is 0 Å². The number of nitrogens with one attached hydrogen (secondary N) is 2. The molecule has 2 aromatic heterocycles. The number of hydrogen-bond donors (Lipinski definition) is 2. The number of likely N-dealkylation sites (N-methyl/N-ethyl adjacent to an activating group) is 1. The monoisotopic (exact) mass is 375 g/mol. The highest BCUT2D eigenvalue weighted by Gasteiger charge is 2.37. The average Bonchev–Trinajstić information content (AvgIpc) is 3.27. The van der Waals surface area contributed by atoms with Gasteiger partial charge in [0.25, 0.3) is 5.91 Å². The largest absolute Gasteiger partial charge is 0.358 e. The molecule has 2 N–H and O–H groups in total. The van der Waals surface area contributed by atoms with Crippen LogP contribution in [-0.2, 0) is 18.4 Å². The van der Waals surface area contributed by atoms with Crippen molar-refractivity contribution in [3.8, 4) is 0 Å². The van der Waals surface area contributed by atoms with Gasteiger partial charge in [0, 0.05) is 44.3 Å². The highest BCUT2D eigenvalue weighted by atomic mass is 32.1. The minimum atomic E-state index is -0.234. The molecule has 8 heteroatoms. The molecular weight excluding hydrogens is 350 g/mol. The zero-order valence-corrected chi connectivity index (χ0v) is 16.4. The summed E-state index contributed by atoms with van der Waals surface area (Å²) < 4.78 is 1.64. The number of carbonyl (C=O) groups is 2. The molecule has 0 radical (unpaired) electrons. The lowest BCUT2D eigenvalue weighted by atomic mass is 10.1. The molecule has 1 fully saturated rings. The SMILES string of the molecule is CNC(=O)C1CC(NC(=O)c2cn(C)nc2C)CN1Cc1sccc1C. The summed E-state index contributed by atoms with van der Waals surface area (Å²) in [6, 6.07) is 1.79. The van der Waals surface area contributed by atoms with Crippen LogP contribution in [0.25, 0.3) is 0 Å². The maximum atomic E-state index is 12.6. The maximum Gasteiger partial charge on any atom is 0.255 e. The molecule has 1 saturated heterocycles. The van der Waals surface area contributed by atoms with Crippen molar-refractivity contribution in [2.45, 2.75) is 38.9 Å². The van der Waals surface area contributed by atoms with Crippen LogP contribution in [0.5, 0.6) is 0 Å². The number of carbonyl (C=O) groups excluding carboxylic acids is 2. The Balaban J connectivity index is 1.71. The second kappa shape index (κ2) is 7.59. The second-order valence-electron chi connectivity index (χ2n) is 6.79. The normalized spacial score (nSPS) is 20.3. The summed E-state index contributed by atoms with van der Waals surface area (Å²) in [7, 11) is 3.45. The standard InChI is InChI=1S/C18H25N5O2S/c1-11-5-6-26-16(11)10-23-8-13(7-15(23)18(25)19-3)20-17(24)14-9-22(4)21-12(14)2/h5-6,9,13,15H,7-8,10H2,1-4H3,(H,19,25)(H,20,24). The second-order valence-corrected chi connectivity index (χ2v) is 7.79. The van der Waals surface area contributed by atoms with Gasteiger partial charge in [-0.3, -0.25) is 19.2 Å². The molecule has 0 aliphatic carbocycles. The van der Waals surface area contributed by atoms with Gasteiger partial charge in [-0.25, -0.2) is 0 Å². The van der Waals surface area contributed by atoms with Gasteiger partial charge in [0.1, 0.15) is 0 Å². The third-order valence-electron chi connectivity index (χ3n) is 4.86. The smallest absolute Gasteiger partial charge is 0.255 e. The lowest BCUT2D eigenvalue weighted by Gasteiger charge is -2.22. The number of aryl methyl sites for hydroxylation is 3. The Bertz CT molecular complexity index is 812. The predicted molar refractivity (Wildman–Crippen MR) is 101 cm³/mol. The predicted octanol–water partition coefficient (Wildman–Crippen LogP) is 1.22.